The standard InChI is InChI=1S/C81H117O16P/c1-16-73(82)89-52-40-28-22-34-46-67-58(7)68(47-35-23-29-41-53-90-74(83)17-2)62(11)79(61(67)10)95-98(88,96-80-63(12)69(48-36-24-30-42-54-91-75(84)18-3)59(8)70(64(80)13)49-37-25-31-43-55-92-76(85)19-4)97-81-65(14)71(50-38-26-32-44-56-93-77(86)20-5)60(9)72(66(81)15)51-39-27-33-45-57-94-78(87)21-6/h16-21H,1-6,22-57H2,7-15H3. The first-order valence-corrected chi connectivity index (χ1v) is 37.3. The highest BCUT2D eigenvalue weighted by atomic mass is 31.2. The SMILES string of the molecule is C=CC(=O)OCCCCCCc1c(C)c(CCCCCCOC(=O)C=C)c(C)c(OP(=O)(Oc2c(C)c(CCCCCCOC(=O)C=C)c(C)c(CCCCCCOC(=O)C=C)c2C)Oc2c(C)c(CCCCCCOC(=O)C=C)c(C)c(CCCCCCOC(=O)C=C)c2C)c1C. The van der Waals surface area contributed by atoms with Gasteiger partial charge in [-0.3, -0.25) is 0 Å². The van der Waals surface area contributed by atoms with Gasteiger partial charge in [-0.25, -0.2) is 28.8 Å². The highest BCUT2D eigenvalue weighted by molar-refractivity contribution is 7.49. The molecule has 0 radical (unpaired) electrons. The van der Waals surface area contributed by atoms with Gasteiger partial charge in [0.05, 0.1) is 39.6 Å². The van der Waals surface area contributed by atoms with E-state index in [-0.39, 0.29) is 0 Å². The van der Waals surface area contributed by atoms with Gasteiger partial charge in [0.1, 0.15) is 17.2 Å². The van der Waals surface area contributed by atoms with E-state index in [1.807, 2.05) is 41.5 Å². The van der Waals surface area contributed by atoms with E-state index in [1.54, 1.807) is 0 Å². The second kappa shape index (κ2) is 47.5. The number of carbonyl (C=O) groups is 6. The Hall–Kier alpha value is -7.45. The van der Waals surface area contributed by atoms with E-state index >= 15 is 4.57 Å². The molecule has 3 rings (SSSR count). The van der Waals surface area contributed by atoms with Crippen LogP contribution in [0.5, 0.6) is 17.2 Å². The summed E-state index contributed by atoms with van der Waals surface area (Å²) in [4.78, 5) is 70.9. The fourth-order valence-corrected chi connectivity index (χ4v) is 14.5. The molecule has 3 aromatic rings. The Kier molecular flexibility index (Phi) is 41.1. The van der Waals surface area contributed by atoms with Crippen LogP contribution in [0, 0.1) is 62.3 Å². The molecule has 98 heavy (non-hydrogen) atoms. The lowest BCUT2D eigenvalue weighted by molar-refractivity contribution is -0.138. The van der Waals surface area contributed by atoms with Crippen LogP contribution in [0.25, 0.3) is 0 Å². The Morgan fingerprint density at radius 1 is 0.245 bits per heavy atom. The molecule has 0 heterocycles. The molecule has 16 nitrogen and oxygen atoms in total. The first kappa shape index (κ1) is 84.8. The molecule has 0 amide bonds. The fraction of sp³-hybridized carbons (Fsp3) is 0.556. The summed E-state index contributed by atoms with van der Waals surface area (Å²) in [5.41, 5.74) is 15.1. The Morgan fingerprint density at radius 2 is 0.388 bits per heavy atom. The van der Waals surface area contributed by atoms with E-state index in [0.29, 0.717) is 134 Å². The van der Waals surface area contributed by atoms with E-state index in [4.69, 9.17) is 42.0 Å². The summed E-state index contributed by atoms with van der Waals surface area (Å²) in [7, 11) is -4.83. The molecule has 0 aliphatic carbocycles. The number of hydrogen-bond acceptors (Lipinski definition) is 16. The number of hydrogen-bond donors (Lipinski definition) is 0. The molecule has 17 heteroatoms. The average molecular weight is 1380 g/mol. The second-order valence-electron chi connectivity index (χ2n) is 25.4. The number of phosphoric acid groups is 1. The molecule has 0 atom stereocenters. The minimum atomic E-state index is -4.83. The number of esters is 6. The van der Waals surface area contributed by atoms with Crippen LogP contribution >= 0.6 is 7.82 Å². The van der Waals surface area contributed by atoms with Gasteiger partial charge in [-0.1, -0.05) is 117 Å². The van der Waals surface area contributed by atoms with Crippen molar-refractivity contribution in [2.24, 2.45) is 0 Å². The van der Waals surface area contributed by atoms with Gasteiger partial charge in [-0.15, -0.1) is 0 Å². The lowest BCUT2D eigenvalue weighted by atomic mass is 9.87. The van der Waals surface area contributed by atoms with Gasteiger partial charge in [0.15, 0.2) is 0 Å². The molecular formula is C81H117O16P. The highest BCUT2D eigenvalue weighted by Gasteiger charge is 2.39. The number of phosphoric ester groups is 1. The number of ether oxygens (including phenoxy) is 6. The van der Waals surface area contributed by atoms with E-state index in [0.717, 1.165) is 199 Å². The van der Waals surface area contributed by atoms with Crippen molar-refractivity contribution in [3.63, 3.8) is 0 Å². The predicted octanol–water partition coefficient (Wildman–Crippen LogP) is 19.1. The summed E-state index contributed by atoms with van der Waals surface area (Å²) >= 11 is 0. The third kappa shape index (κ3) is 29.6. The van der Waals surface area contributed by atoms with Gasteiger partial charge < -0.3 is 42.0 Å². The summed E-state index contributed by atoms with van der Waals surface area (Å²) in [6.45, 7) is 41.7. The molecule has 0 aliphatic rings. The molecule has 0 unspecified atom stereocenters. The molecule has 0 aromatic heterocycles. The van der Waals surface area contributed by atoms with Gasteiger partial charge in [-0.2, -0.15) is 4.57 Å². The summed E-state index contributed by atoms with van der Waals surface area (Å²) in [5.74, 6) is -1.31. The van der Waals surface area contributed by atoms with Gasteiger partial charge in [-0.05, 0) is 261 Å². The van der Waals surface area contributed by atoms with Crippen molar-refractivity contribution in [2.45, 2.75) is 255 Å². The largest absolute Gasteiger partial charge is 0.647 e. The number of carbonyl (C=O) groups excluding carboxylic acids is 6. The van der Waals surface area contributed by atoms with E-state index in [9.17, 15) is 28.8 Å². The second-order valence-corrected chi connectivity index (χ2v) is 26.9. The molecule has 542 valence electrons. The Morgan fingerprint density at radius 3 is 0.531 bits per heavy atom. The molecule has 0 saturated carbocycles. The first-order chi connectivity index (χ1) is 47.0. The van der Waals surface area contributed by atoms with Crippen molar-refractivity contribution in [1.29, 1.82) is 0 Å². The molecule has 0 spiro atoms. The molecule has 0 saturated heterocycles. The zero-order chi connectivity index (χ0) is 72.4. The van der Waals surface area contributed by atoms with Crippen molar-refractivity contribution in [2.75, 3.05) is 39.6 Å². The van der Waals surface area contributed by atoms with Crippen LogP contribution in [0.4, 0.5) is 0 Å². The minimum Gasteiger partial charge on any atom is -0.463 e. The van der Waals surface area contributed by atoms with Gasteiger partial charge in [0.2, 0.25) is 0 Å². The molecule has 0 N–H and O–H groups in total. The van der Waals surface area contributed by atoms with Crippen LogP contribution in [0.2, 0.25) is 0 Å². The summed E-state index contributed by atoms with van der Waals surface area (Å²) in [6.07, 6.45) is 31.0. The van der Waals surface area contributed by atoms with Gasteiger partial charge in [0, 0.05) is 36.5 Å². The van der Waals surface area contributed by atoms with Crippen molar-refractivity contribution in [3.8, 4) is 17.2 Å². The van der Waals surface area contributed by atoms with Crippen LogP contribution in [0.3, 0.4) is 0 Å². The zero-order valence-corrected chi connectivity index (χ0v) is 62.0. The average Bonchev–Trinajstić information content (AvgIpc) is 0.763. The monoisotopic (exact) mass is 1380 g/mol. The lowest BCUT2D eigenvalue weighted by Gasteiger charge is -2.29. The fourth-order valence-electron chi connectivity index (χ4n) is 12.9. The van der Waals surface area contributed by atoms with Crippen LogP contribution in [0.1, 0.15) is 238 Å². The Bertz CT molecular complexity index is 2690. The number of rotatable bonds is 54. The van der Waals surface area contributed by atoms with E-state index in [2.05, 4.69) is 60.2 Å². The van der Waals surface area contributed by atoms with Crippen LogP contribution in [0.15, 0.2) is 75.9 Å². The van der Waals surface area contributed by atoms with Gasteiger partial charge in [0.25, 0.3) is 0 Å². The van der Waals surface area contributed by atoms with Crippen molar-refractivity contribution < 1.29 is 75.3 Å². The third-order valence-corrected chi connectivity index (χ3v) is 19.7. The van der Waals surface area contributed by atoms with Crippen molar-refractivity contribution in [3.05, 3.63) is 159 Å². The third-order valence-electron chi connectivity index (χ3n) is 18.5. The van der Waals surface area contributed by atoms with E-state index < -0.39 is 43.6 Å². The van der Waals surface area contributed by atoms with Crippen LogP contribution in [-0.2, 0) is 100 Å². The number of unbranched alkanes of at least 4 members (excludes halogenated alkanes) is 18. The minimum absolute atomic E-state index is 0.313. The predicted molar refractivity (Wildman–Crippen MR) is 391 cm³/mol. The summed E-state index contributed by atoms with van der Waals surface area (Å²) in [6, 6.07) is 0. The lowest BCUT2D eigenvalue weighted by Crippen LogP contribution is -2.16. The maximum absolute atomic E-state index is 17.2. The van der Waals surface area contributed by atoms with Crippen molar-refractivity contribution >= 4 is 43.6 Å². The molecule has 0 aliphatic heterocycles. The summed E-state index contributed by atoms with van der Waals surface area (Å²) < 4.78 is 70.8. The van der Waals surface area contributed by atoms with Crippen LogP contribution in [-0.4, -0.2) is 75.5 Å². The summed E-state index contributed by atoms with van der Waals surface area (Å²) in [5, 5.41) is 0. The normalized spacial score (nSPS) is 11.1. The molecule has 0 bridgehead atoms. The maximum atomic E-state index is 17.2. The van der Waals surface area contributed by atoms with Crippen LogP contribution < -0.4 is 13.6 Å². The molecule has 0 fully saturated rings. The van der Waals surface area contributed by atoms with Gasteiger partial charge >= 0.3 is 43.6 Å². The molecule has 3 aromatic carbocycles. The quantitative estimate of drug-likeness (QED) is 0.0170. The van der Waals surface area contributed by atoms with Crippen molar-refractivity contribution in [1.82, 2.24) is 0 Å². The zero-order valence-electron chi connectivity index (χ0n) is 61.1. The first-order valence-electron chi connectivity index (χ1n) is 35.8. The number of benzene rings is 3. The topological polar surface area (TPSA) is 203 Å². The Labute approximate surface area is 587 Å². The van der Waals surface area contributed by atoms with E-state index in [1.165, 1.54) is 36.5 Å². The smallest absolute Gasteiger partial charge is 0.463 e. The maximum Gasteiger partial charge on any atom is 0.647 e. The Balaban J connectivity index is 2.40. The molecular weight excluding hydrogens is 1260 g/mol. The highest BCUT2D eigenvalue weighted by Crippen LogP contribution is 2.56.